The van der Waals surface area contributed by atoms with Crippen LogP contribution in [0.5, 0.6) is 5.88 Å². The van der Waals surface area contributed by atoms with Gasteiger partial charge in [-0.1, -0.05) is 30.3 Å². The fraction of sp³-hybridized carbons (Fsp3) is 0.211. The first-order chi connectivity index (χ1) is 13.9. The standard InChI is InChI=1S/C19H16N6O4/c1-22-14-13(17(28)23(2)19(22)29)25-16(27)12(8-9-20)15(26)24(18(25)21-14)10-11-6-4-3-5-7-11/h3-7,27H,8,10H2,1-2H3. The summed E-state index contributed by atoms with van der Waals surface area (Å²) in [5.41, 5.74) is -1.22. The molecule has 0 spiro atoms. The maximum absolute atomic E-state index is 13.0. The number of hydrogen-bond acceptors (Lipinski definition) is 6. The molecule has 0 radical (unpaired) electrons. The monoisotopic (exact) mass is 392 g/mol. The molecular formula is C19H16N6O4. The van der Waals surface area contributed by atoms with Crippen LogP contribution in [0.2, 0.25) is 0 Å². The van der Waals surface area contributed by atoms with Crippen LogP contribution in [0.3, 0.4) is 0 Å². The number of fused-ring (bicyclic) bond motifs is 3. The fourth-order valence-corrected chi connectivity index (χ4v) is 3.39. The van der Waals surface area contributed by atoms with Crippen molar-refractivity contribution < 1.29 is 5.11 Å². The molecule has 1 N–H and O–H groups in total. The number of aromatic nitrogens is 5. The topological polar surface area (TPSA) is 127 Å². The van der Waals surface area contributed by atoms with E-state index in [1.54, 1.807) is 0 Å². The molecule has 0 fully saturated rings. The number of nitrogens with zero attached hydrogens (tertiary/aromatic N) is 6. The van der Waals surface area contributed by atoms with E-state index in [2.05, 4.69) is 4.98 Å². The van der Waals surface area contributed by atoms with Crippen LogP contribution < -0.4 is 16.8 Å². The Balaban J connectivity index is 2.23. The predicted octanol–water partition coefficient (Wildman–Crippen LogP) is -0.133. The molecule has 0 bridgehead atoms. The summed E-state index contributed by atoms with van der Waals surface area (Å²) < 4.78 is 4.48. The highest BCUT2D eigenvalue weighted by atomic mass is 16.3. The van der Waals surface area contributed by atoms with Gasteiger partial charge in [0.25, 0.3) is 11.1 Å². The zero-order valence-electron chi connectivity index (χ0n) is 15.7. The van der Waals surface area contributed by atoms with Gasteiger partial charge in [-0.25, -0.2) is 9.20 Å². The highest BCUT2D eigenvalue weighted by Gasteiger charge is 2.24. The summed E-state index contributed by atoms with van der Waals surface area (Å²) >= 11 is 0. The zero-order valence-corrected chi connectivity index (χ0v) is 15.7. The molecule has 0 saturated heterocycles. The van der Waals surface area contributed by atoms with Gasteiger partial charge in [0.05, 0.1) is 24.6 Å². The summed E-state index contributed by atoms with van der Waals surface area (Å²) in [6.07, 6.45) is -0.346. The van der Waals surface area contributed by atoms with Gasteiger partial charge >= 0.3 is 5.69 Å². The molecule has 0 amide bonds. The quantitative estimate of drug-likeness (QED) is 0.517. The molecule has 0 atom stereocenters. The van der Waals surface area contributed by atoms with E-state index in [0.29, 0.717) is 0 Å². The number of rotatable bonds is 3. The number of hydrogen-bond donors (Lipinski definition) is 1. The lowest BCUT2D eigenvalue weighted by atomic mass is 10.2. The van der Waals surface area contributed by atoms with Crippen LogP contribution in [0.4, 0.5) is 0 Å². The lowest BCUT2D eigenvalue weighted by Crippen LogP contribution is -2.37. The van der Waals surface area contributed by atoms with Crippen LogP contribution in [0, 0.1) is 11.3 Å². The Hall–Kier alpha value is -4.13. The van der Waals surface area contributed by atoms with Gasteiger partial charge < -0.3 is 5.11 Å². The highest BCUT2D eigenvalue weighted by molar-refractivity contribution is 5.76. The summed E-state index contributed by atoms with van der Waals surface area (Å²) in [4.78, 5) is 42.4. The lowest BCUT2D eigenvalue weighted by Gasteiger charge is -2.12. The largest absolute Gasteiger partial charge is 0.494 e. The Morgan fingerprint density at radius 3 is 2.41 bits per heavy atom. The van der Waals surface area contributed by atoms with Crippen LogP contribution in [-0.2, 0) is 27.1 Å². The number of imidazole rings is 1. The molecule has 4 rings (SSSR count). The van der Waals surface area contributed by atoms with Gasteiger partial charge in [-0.05, 0) is 5.56 Å². The van der Waals surface area contributed by atoms with E-state index >= 15 is 0 Å². The molecule has 0 saturated carbocycles. The minimum Gasteiger partial charge on any atom is -0.494 e. The van der Waals surface area contributed by atoms with Crippen LogP contribution >= 0.6 is 0 Å². The minimum atomic E-state index is -0.668. The van der Waals surface area contributed by atoms with Gasteiger partial charge in [-0.2, -0.15) is 10.2 Å². The number of nitriles is 1. The fourth-order valence-electron chi connectivity index (χ4n) is 3.39. The van der Waals surface area contributed by atoms with Gasteiger partial charge in [0.2, 0.25) is 11.7 Å². The van der Waals surface area contributed by atoms with Crippen LogP contribution in [-0.4, -0.2) is 28.2 Å². The summed E-state index contributed by atoms with van der Waals surface area (Å²) in [5.74, 6) is -0.527. The average Bonchev–Trinajstić information content (AvgIpc) is 3.13. The van der Waals surface area contributed by atoms with E-state index in [4.69, 9.17) is 5.26 Å². The lowest BCUT2D eigenvalue weighted by molar-refractivity contribution is 0.436. The number of aryl methyl sites for hydroxylation is 1. The van der Waals surface area contributed by atoms with Crippen molar-refractivity contribution in [2.45, 2.75) is 13.0 Å². The van der Waals surface area contributed by atoms with E-state index in [-0.39, 0.29) is 35.5 Å². The Kier molecular flexibility index (Phi) is 4.08. The van der Waals surface area contributed by atoms with Crippen molar-refractivity contribution in [1.82, 2.24) is 23.1 Å². The van der Waals surface area contributed by atoms with Gasteiger partial charge in [-0.15, -0.1) is 0 Å². The van der Waals surface area contributed by atoms with Crippen molar-refractivity contribution in [3.63, 3.8) is 0 Å². The SMILES string of the molecule is Cn1c(=O)c2c(nc3n(Cc4ccccc4)c(=O)c(CC#N)c(O)n23)n(C)c1=O. The summed E-state index contributed by atoms with van der Waals surface area (Å²) in [7, 11) is 2.76. The third kappa shape index (κ3) is 2.55. The van der Waals surface area contributed by atoms with E-state index in [9.17, 15) is 19.5 Å². The highest BCUT2D eigenvalue weighted by Crippen LogP contribution is 2.22. The second-order valence-corrected chi connectivity index (χ2v) is 6.64. The third-order valence-corrected chi connectivity index (χ3v) is 4.91. The average molecular weight is 392 g/mol. The smallest absolute Gasteiger partial charge is 0.332 e. The van der Waals surface area contributed by atoms with Crippen molar-refractivity contribution in [2.24, 2.45) is 14.1 Å². The molecule has 3 heterocycles. The van der Waals surface area contributed by atoms with Gasteiger partial charge in [-0.3, -0.25) is 23.3 Å². The first kappa shape index (κ1) is 18.2. The maximum atomic E-state index is 13.0. The Morgan fingerprint density at radius 2 is 1.76 bits per heavy atom. The van der Waals surface area contributed by atoms with Gasteiger partial charge in [0.1, 0.15) is 0 Å². The van der Waals surface area contributed by atoms with Crippen molar-refractivity contribution in [1.29, 1.82) is 5.26 Å². The molecule has 29 heavy (non-hydrogen) atoms. The Bertz CT molecular complexity index is 1500. The normalized spacial score (nSPS) is 11.2. The van der Waals surface area contributed by atoms with Crippen LogP contribution in [0.25, 0.3) is 16.9 Å². The first-order valence-electron chi connectivity index (χ1n) is 8.70. The molecule has 146 valence electrons. The molecule has 0 aliphatic heterocycles. The van der Waals surface area contributed by atoms with Gasteiger partial charge in [0, 0.05) is 14.1 Å². The third-order valence-electron chi connectivity index (χ3n) is 4.91. The molecule has 10 heteroatoms. The van der Waals surface area contributed by atoms with Crippen LogP contribution in [0.1, 0.15) is 11.1 Å². The van der Waals surface area contributed by atoms with Crippen LogP contribution in [0.15, 0.2) is 44.7 Å². The van der Waals surface area contributed by atoms with Crippen molar-refractivity contribution in [3.05, 3.63) is 72.7 Å². The van der Waals surface area contributed by atoms with Crippen molar-refractivity contribution in [2.75, 3.05) is 0 Å². The van der Waals surface area contributed by atoms with E-state index in [1.165, 1.54) is 23.2 Å². The first-order valence-corrected chi connectivity index (χ1v) is 8.70. The molecule has 10 nitrogen and oxygen atoms in total. The predicted molar refractivity (Wildman–Crippen MR) is 104 cm³/mol. The summed E-state index contributed by atoms with van der Waals surface area (Å²) in [5, 5.41) is 19.9. The molecule has 0 unspecified atom stereocenters. The second kappa shape index (κ2) is 6.49. The molecule has 0 aliphatic rings. The van der Waals surface area contributed by atoms with E-state index < -0.39 is 22.7 Å². The van der Waals surface area contributed by atoms with Crippen molar-refractivity contribution >= 4 is 16.9 Å². The molecular weight excluding hydrogens is 376 g/mol. The molecule has 3 aromatic heterocycles. The summed E-state index contributed by atoms with van der Waals surface area (Å²) in [6.45, 7) is 0.111. The Morgan fingerprint density at radius 1 is 1.07 bits per heavy atom. The zero-order chi connectivity index (χ0) is 20.9. The Labute approximate surface area is 162 Å². The number of benzene rings is 1. The van der Waals surface area contributed by atoms with E-state index in [1.807, 2.05) is 36.4 Å². The summed E-state index contributed by atoms with van der Waals surface area (Å²) in [6, 6.07) is 11.0. The maximum Gasteiger partial charge on any atom is 0.332 e. The van der Waals surface area contributed by atoms with Gasteiger partial charge in [0.15, 0.2) is 11.2 Å². The molecule has 4 aromatic rings. The number of aromatic hydroxyl groups is 1. The van der Waals surface area contributed by atoms with E-state index in [0.717, 1.165) is 14.5 Å². The van der Waals surface area contributed by atoms with Crippen molar-refractivity contribution in [3.8, 4) is 11.9 Å². The minimum absolute atomic E-state index is 0.00587. The molecule has 0 aliphatic carbocycles. The molecule has 1 aromatic carbocycles. The second-order valence-electron chi connectivity index (χ2n) is 6.64.